The van der Waals surface area contributed by atoms with Crippen LogP contribution in [-0.4, -0.2) is 14.3 Å². The summed E-state index contributed by atoms with van der Waals surface area (Å²) in [6.45, 7) is 0. The highest BCUT2D eigenvalue weighted by molar-refractivity contribution is 7.90. The molecule has 0 aliphatic rings. The summed E-state index contributed by atoms with van der Waals surface area (Å²) < 4.78 is 28.2. The van der Waals surface area contributed by atoms with E-state index in [0.717, 1.165) is 27.1 Å². The number of carbonyl (C=O) groups excluding carboxylic acids is 1. The number of nitriles is 1. The molecule has 32 heavy (non-hydrogen) atoms. The molecule has 4 aromatic rings. The van der Waals surface area contributed by atoms with Gasteiger partial charge in [-0.1, -0.05) is 72.8 Å². The molecule has 0 heterocycles. The Labute approximate surface area is 187 Å². The predicted octanol–water partition coefficient (Wildman–Crippen LogP) is 5.28. The SMILES string of the molecule is N#CCCCC(C(=O)NS(=O)(=O)c1ccc2ccccc2c1)c1ccc2ccccc2c1. The maximum Gasteiger partial charge on any atom is 0.264 e. The van der Waals surface area contributed by atoms with Crippen molar-refractivity contribution in [3.05, 3.63) is 90.5 Å². The summed E-state index contributed by atoms with van der Waals surface area (Å²) in [7, 11) is -4.04. The lowest BCUT2D eigenvalue weighted by atomic mass is 9.91. The van der Waals surface area contributed by atoms with E-state index >= 15 is 0 Å². The monoisotopic (exact) mass is 442 g/mol. The minimum Gasteiger partial charge on any atom is -0.273 e. The van der Waals surface area contributed by atoms with Crippen LogP contribution in [0.4, 0.5) is 0 Å². The zero-order chi connectivity index (χ0) is 22.6. The number of nitrogens with one attached hydrogen (secondary N) is 1. The van der Waals surface area contributed by atoms with Crippen LogP contribution >= 0.6 is 0 Å². The van der Waals surface area contributed by atoms with Crippen molar-refractivity contribution >= 4 is 37.5 Å². The van der Waals surface area contributed by atoms with Gasteiger partial charge in [0.1, 0.15) is 0 Å². The second-order valence-corrected chi connectivity index (χ2v) is 9.37. The van der Waals surface area contributed by atoms with Crippen molar-refractivity contribution in [2.75, 3.05) is 0 Å². The van der Waals surface area contributed by atoms with Crippen LogP contribution in [0.15, 0.2) is 89.8 Å². The summed E-state index contributed by atoms with van der Waals surface area (Å²) in [6.07, 6.45) is 1.18. The quantitative estimate of drug-likeness (QED) is 0.395. The Hall–Kier alpha value is -3.69. The Balaban J connectivity index is 1.64. The van der Waals surface area contributed by atoms with Gasteiger partial charge in [-0.05, 0) is 52.1 Å². The van der Waals surface area contributed by atoms with Crippen LogP contribution in [0, 0.1) is 11.3 Å². The van der Waals surface area contributed by atoms with Gasteiger partial charge in [0.05, 0.1) is 16.9 Å². The summed E-state index contributed by atoms with van der Waals surface area (Å²) in [5, 5.41) is 12.6. The minimum atomic E-state index is -4.04. The van der Waals surface area contributed by atoms with Gasteiger partial charge in [0.15, 0.2) is 0 Å². The van der Waals surface area contributed by atoms with E-state index in [1.165, 1.54) is 6.07 Å². The van der Waals surface area contributed by atoms with Crippen molar-refractivity contribution in [3.63, 3.8) is 0 Å². The van der Waals surface area contributed by atoms with E-state index in [4.69, 9.17) is 5.26 Å². The van der Waals surface area contributed by atoms with Crippen molar-refractivity contribution < 1.29 is 13.2 Å². The van der Waals surface area contributed by atoms with Crippen molar-refractivity contribution in [2.45, 2.75) is 30.1 Å². The van der Waals surface area contributed by atoms with E-state index < -0.39 is 21.8 Å². The number of fused-ring (bicyclic) bond motifs is 2. The number of unbranched alkanes of at least 4 members (excludes halogenated alkanes) is 1. The first-order valence-corrected chi connectivity index (χ1v) is 11.9. The van der Waals surface area contributed by atoms with Gasteiger partial charge in [-0.15, -0.1) is 0 Å². The van der Waals surface area contributed by atoms with Crippen LogP contribution in [0.3, 0.4) is 0 Å². The molecule has 0 aromatic heterocycles. The molecule has 4 aromatic carbocycles. The van der Waals surface area contributed by atoms with Gasteiger partial charge in [0.2, 0.25) is 5.91 Å². The maximum atomic E-state index is 13.2. The van der Waals surface area contributed by atoms with E-state index in [1.54, 1.807) is 12.1 Å². The summed E-state index contributed by atoms with van der Waals surface area (Å²) in [6, 6.07) is 27.8. The largest absolute Gasteiger partial charge is 0.273 e. The summed E-state index contributed by atoms with van der Waals surface area (Å²) >= 11 is 0. The van der Waals surface area contributed by atoms with Crippen molar-refractivity contribution in [1.82, 2.24) is 4.72 Å². The lowest BCUT2D eigenvalue weighted by Crippen LogP contribution is -2.34. The molecule has 0 aliphatic carbocycles. The van der Waals surface area contributed by atoms with Gasteiger partial charge in [0, 0.05) is 6.42 Å². The lowest BCUT2D eigenvalue weighted by molar-refractivity contribution is -0.121. The highest BCUT2D eigenvalue weighted by Crippen LogP contribution is 2.27. The molecule has 0 aliphatic heterocycles. The molecule has 0 radical (unpaired) electrons. The molecule has 5 nitrogen and oxygen atoms in total. The molecular formula is C26H22N2O3S. The highest BCUT2D eigenvalue weighted by Gasteiger charge is 2.26. The fourth-order valence-corrected chi connectivity index (χ4v) is 4.91. The van der Waals surface area contributed by atoms with Crippen LogP contribution in [0.25, 0.3) is 21.5 Å². The number of carbonyl (C=O) groups is 1. The zero-order valence-corrected chi connectivity index (χ0v) is 18.2. The highest BCUT2D eigenvalue weighted by atomic mass is 32.2. The van der Waals surface area contributed by atoms with Crippen molar-refractivity contribution in [2.24, 2.45) is 0 Å². The van der Waals surface area contributed by atoms with Gasteiger partial charge in [-0.3, -0.25) is 4.79 Å². The average Bonchev–Trinajstić information content (AvgIpc) is 2.81. The van der Waals surface area contributed by atoms with Gasteiger partial charge in [-0.2, -0.15) is 5.26 Å². The Morgan fingerprint density at radius 2 is 1.44 bits per heavy atom. The standard InChI is InChI=1S/C26H22N2O3S/c27-16-6-5-11-25(23-13-12-19-7-1-3-9-21(19)17-23)26(29)28-32(30,31)24-15-14-20-8-2-4-10-22(20)18-24/h1-4,7-10,12-15,17-18,25H,5-6,11H2,(H,28,29). The molecule has 0 spiro atoms. The van der Waals surface area contributed by atoms with E-state index in [-0.39, 0.29) is 4.90 Å². The molecule has 0 saturated carbocycles. The Morgan fingerprint density at radius 1 is 0.844 bits per heavy atom. The fraction of sp³-hybridized carbons (Fsp3) is 0.154. The number of rotatable bonds is 7. The van der Waals surface area contributed by atoms with E-state index in [2.05, 4.69) is 10.8 Å². The van der Waals surface area contributed by atoms with Gasteiger partial charge >= 0.3 is 0 Å². The molecule has 1 amide bonds. The molecule has 0 fully saturated rings. The third-order valence-corrected chi connectivity index (χ3v) is 6.88. The number of amides is 1. The van der Waals surface area contributed by atoms with Gasteiger partial charge < -0.3 is 0 Å². The molecule has 0 bridgehead atoms. The van der Waals surface area contributed by atoms with E-state index in [0.29, 0.717) is 19.3 Å². The smallest absolute Gasteiger partial charge is 0.264 e. The first kappa shape index (κ1) is 21.5. The van der Waals surface area contributed by atoms with Crippen LogP contribution in [-0.2, 0) is 14.8 Å². The van der Waals surface area contributed by atoms with Crippen LogP contribution in [0.2, 0.25) is 0 Å². The van der Waals surface area contributed by atoms with Crippen molar-refractivity contribution in [1.29, 1.82) is 5.26 Å². The maximum absolute atomic E-state index is 13.2. The Bertz CT molecular complexity index is 1440. The topological polar surface area (TPSA) is 87.0 Å². The van der Waals surface area contributed by atoms with Crippen LogP contribution in [0.1, 0.15) is 30.7 Å². The molecule has 160 valence electrons. The average molecular weight is 443 g/mol. The number of hydrogen-bond donors (Lipinski definition) is 1. The van der Waals surface area contributed by atoms with Gasteiger partial charge in [-0.25, -0.2) is 13.1 Å². The summed E-state index contributed by atoms with van der Waals surface area (Å²) in [5.41, 5.74) is 0.729. The Kier molecular flexibility index (Phi) is 6.20. The second kappa shape index (κ2) is 9.21. The molecule has 4 rings (SSSR count). The third kappa shape index (κ3) is 4.63. The molecule has 0 saturated heterocycles. The number of nitrogens with zero attached hydrogens (tertiary/aromatic N) is 1. The second-order valence-electron chi connectivity index (χ2n) is 7.69. The minimum absolute atomic E-state index is 0.0406. The summed E-state index contributed by atoms with van der Waals surface area (Å²) in [4.78, 5) is 13.2. The molecule has 1 N–H and O–H groups in total. The molecule has 6 heteroatoms. The van der Waals surface area contributed by atoms with Crippen LogP contribution < -0.4 is 4.72 Å². The molecular weight excluding hydrogens is 420 g/mol. The molecule has 1 atom stereocenters. The first-order valence-electron chi connectivity index (χ1n) is 10.4. The van der Waals surface area contributed by atoms with Crippen molar-refractivity contribution in [3.8, 4) is 6.07 Å². The van der Waals surface area contributed by atoms with Gasteiger partial charge in [0.25, 0.3) is 10.0 Å². The summed E-state index contributed by atoms with van der Waals surface area (Å²) in [5.74, 6) is -1.27. The van der Waals surface area contributed by atoms with E-state index in [1.807, 2.05) is 66.7 Å². The number of benzene rings is 4. The number of sulfonamides is 1. The predicted molar refractivity (Wildman–Crippen MR) is 125 cm³/mol. The first-order chi connectivity index (χ1) is 15.5. The normalized spacial score (nSPS) is 12.3. The van der Waals surface area contributed by atoms with E-state index in [9.17, 15) is 13.2 Å². The fourth-order valence-electron chi connectivity index (χ4n) is 3.86. The Morgan fingerprint density at radius 3 is 2.09 bits per heavy atom. The molecule has 1 unspecified atom stereocenters. The van der Waals surface area contributed by atoms with Crippen LogP contribution in [0.5, 0.6) is 0 Å². The third-order valence-electron chi connectivity index (χ3n) is 5.54. The zero-order valence-electron chi connectivity index (χ0n) is 17.4. The lowest BCUT2D eigenvalue weighted by Gasteiger charge is -2.18. The number of hydrogen-bond acceptors (Lipinski definition) is 4.